The van der Waals surface area contributed by atoms with Gasteiger partial charge in [-0.1, -0.05) is 44.5 Å². The monoisotopic (exact) mass is 371 g/mol. The molecule has 5 nitrogen and oxygen atoms in total. The lowest BCUT2D eigenvalue weighted by molar-refractivity contribution is -0.128. The zero-order valence-corrected chi connectivity index (χ0v) is 16.4. The standard InChI is InChI=1S/C22H29NO4/c1-4-8-17-11-13-18(14-12-17)26-16-15-23-22(24)19(5-2)27-21-10-7-6-9-20(21)25-3/h6-7,9-14,19H,4-5,8,15-16H2,1-3H3,(H,23,24)/t19-/m0/s1. The molecule has 0 aliphatic carbocycles. The van der Waals surface area contributed by atoms with Crippen molar-refractivity contribution in [1.82, 2.24) is 5.32 Å². The number of benzene rings is 2. The highest BCUT2D eigenvalue weighted by Crippen LogP contribution is 2.27. The van der Waals surface area contributed by atoms with E-state index in [1.54, 1.807) is 19.2 Å². The topological polar surface area (TPSA) is 56.8 Å². The zero-order valence-electron chi connectivity index (χ0n) is 16.4. The first-order valence-electron chi connectivity index (χ1n) is 9.47. The van der Waals surface area contributed by atoms with Gasteiger partial charge in [-0.2, -0.15) is 0 Å². The van der Waals surface area contributed by atoms with Gasteiger partial charge in [-0.05, 0) is 42.7 Å². The number of para-hydroxylation sites is 2. The minimum absolute atomic E-state index is 0.162. The zero-order chi connectivity index (χ0) is 19.5. The molecule has 2 aromatic rings. The van der Waals surface area contributed by atoms with Crippen molar-refractivity contribution in [2.24, 2.45) is 0 Å². The lowest BCUT2D eigenvalue weighted by Crippen LogP contribution is -2.39. The summed E-state index contributed by atoms with van der Waals surface area (Å²) in [6, 6.07) is 15.4. The van der Waals surface area contributed by atoms with E-state index < -0.39 is 6.10 Å². The van der Waals surface area contributed by atoms with Crippen molar-refractivity contribution in [1.29, 1.82) is 0 Å². The molecule has 0 saturated heterocycles. The summed E-state index contributed by atoms with van der Waals surface area (Å²) in [5.41, 5.74) is 1.30. The first kappa shape index (κ1) is 20.6. The number of aryl methyl sites for hydroxylation is 1. The molecule has 1 atom stereocenters. The number of methoxy groups -OCH3 is 1. The number of nitrogens with one attached hydrogen (secondary N) is 1. The van der Waals surface area contributed by atoms with Gasteiger partial charge in [0.2, 0.25) is 0 Å². The second-order valence-electron chi connectivity index (χ2n) is 6.20. The normalized spacial score (nSPS) is 11.5. The Morgan fingerprint density at radius 1 is 1.04 bits per heavy atom. The molecule has 0 aliphatic heterocycles. The SMILES string of the molecule is CCCc1ccc(OCCNC(=O)[C@H](CC)Oc2ccccc2OC)cc1. The number of hydrogen-bond donors (Lipinski definition) is 1. The number of rotatable bonds is 11. The van der Waals surface area contributed by atoms with Gasteiger partial charge < -0.3 is 19.5 Å². The van der Waals surface area contributed by atoms with Gasteiger partial charge in [0.05, 0.1) is 13.7 Å². The van der Waals surface area contributed by atoms with Crippen LogP contribution in [0.3, 0.4) is 0 Å². The minimum atomic E-state index is -0.574. The molecular weight excluding hydrogens is 342 g/mol. The highest BCUT2D eigenvalue weighted by Gasteiger charge is 2.19. The van der Waals surface area contributed by atoms with Gasteiger partial charge in [0, 0.05) is 0 Å². The van der Waals surface area contributed by atoms with Crippen LogP contribution in [0.1, 0.15) is 32.3 Å². The van der Waals surface area contributed by atoms with Crippen LogP contribution in [-0.2, 0) is 11.2 Å². The Labute approximate surface area is 161 Å². The van der Waals surface area contributed by atoms with E-state index in [9.17, 15) is 4.79 Å². The first-order chi connectivity index (χ1) is 13.2. The molecule has 2 rings (SSSR count). The van der Waals surface area contributed by atoms with Gasteiger partial charge in [-0.25, -0.2) is 0 Å². The molecule has 0 radical (unpaired) electrons. The molecule has 5 heteroatoms. The fourth-order valence-electron chi connectivity index (χ4n) is 2.69. The highest BCUT2D eigenvalue weighted by atomic mass is 16.5. The molecule has 0 aliphatic rings. The van der Waals surface area contributed by atoms with Crippen molar-refractivity contribution in [2.45, 2.75) is 39.2 Å². The van der Waals surface area contributed by atoms with Crippen LogP contribution in [0.25, 0.3) is 0 Å². The molecule has 0 fully saturated rings. The van der Waals surface area contributed by atoms with Crippen LogP contribution in [0.5, 0.6) is 17.2 Å². The van der Waals surface area contributed by atoms with Crippen LogP contribution < -0.4 is 19.5 Å². The van der Waals surface area contributed by atoms with Crippen molar-refractivity contribution >= 4 is 5.91 Å². The predicted molar refractivity (Wildman–Crippen MR) is 107 cm³/mol. The van der Waals surface area contributed by atoms with Crippen LogP contribution in [0, 0.1) is 0 Å². The van der Waals surface area contributed by atoms with Gasteiger partial charge in [0.25, 0.3) is 5.91 Å². The summed E-state index contributed by atoms with van der Waals surface area (Å²) < 4.78 is 16.8. The molecule has 1 amide bonds. The van der Waals surface area contributed by atoms with Crippen molar-refractivity contribution in [3.05, 3.63) is 54.1 Å². The smallest absolute Gasteiger partial charge is 0.261 e. The van der Waals surface area contributed by atoms with Gasteiger partial charge >= 0.3 is 0 Å². The molecule has 146 valence electrons. The lowest BCUT2D eigenvalue weighted by atomic mass is 10.1. The molecule has 27 heavy (non-hydrogen) atoms. The van der Waals surface area contributed by atoms with Crippen molar-refractivity contribution in [3.63, 3.8) is 0 Å². The Morgan fingerprint density at radius 3 is 2.37 bits per heavy atom. The summed E-state index contributed by atoms with van der Waals surface area (Å²) in [6.45, 7) is 4.90. The Kier molecular flexibility index (Phi) is 8.49. The second kappa shape index (κ2) is 11.1. The van der Waals surface area contributed by atoms with Crippen LogP contribution in [0.4, 0.5) is 0 Å². The summed E-state index contributed by atoms with van der Waals surface area (Å²) in [5.74, 6) is 1.82. The van der Waals surface area contributed by atoms with E-state index in [0.717, 1.165) is 18.6 Å². The first-order valence-corrected chi connectivity index (χ1v) is 9.47. The van der Waals surface area contributed by atoms with E-state index in [-0.39, 0.29) is 5.91 Å². The van der Waals surface area contributed by atoms with Crippen LogP contribution in [-0.4, -0.2) is 32.3 Å². The number of hydrogen-bond acceptors (Lipinski definition) is 4. The quantitative estimate of drug-likeness (QED) is 0.607. The van der Waals surface area contributed by atoms with Crippen LogP contribution in [0.15, 0.2) is 48.5 Å². The number of carbonyl (C=O) groups is 1. The van der Waals surface area contributed by atoms with Crippen molar-refractivity contribution in [2.75, 3.05) is 20.3 Å². The number of amides is 1. The molecule has 0 bridgehead atoms. The van der Waals surface area contributed by atoms with Crippen LogP contribution in [0.2, 0.25) is 0 Å². The summed E-state index contributed by atoms with van der Waals surface area (Å²) in [7, 11) is 1.58. The molecule has 0 unspecified atom stereocenters. The predicted octanol–water partition coefficient (Wildman–Crippen LogP) is 4.00. The maximum atomic E-state index is 12.4. The molecule has 0 aromatic heterocycles. The molecule has 0 saturated carbocycles. The Bertz CT molecular complexity index is 700. The van der Waals surface area contributed by atoms with Gasteiger partial charge in [0.1, 0.15) is 12.4 Å². The van der Waals surface area contributed by atoms with Crippen molar-refractivity contribution < 1.29 is 19.0 Å². The Balaban J connectivity index is 1.77. The van der Waals surface area contributed by atoms with Crippen LogP contribution >= 0.6 is 0 Å². The van der Waals surface area contributed by atoms with E-state index in [2.05, 4.69) is 24.4 Å². The Morgan fingerprint density at radius 2 is 1.74 bits per heavy atom. The number of carbonyl (C=O) groups excluding carboxylic acids is 1. The van der Waals surface area contributed by atoms with E-state index >= 15 is 0 Å². The second-order valence-corrected chi connectivity index (χ2v) is 6.20. The molecular formula is C22H29NO4. The minimum Gasteiger partial charge on any atom is -0.493 e. The average molecular weight is 371 g/mol. The van der Waals surface area contributed by atoms with E-state index in [4.69, 9.17) is 14.2 Å². The maximum Gasteiger partial charge on any atom is 0.261 e. The van der Waals surface area contributed by atoms with Crippen molar-refractivity contribution in [3.8, 4) is 17.2 Å². The third-order valence-corrected chi connectivity index (χ3v) is 4.13. The van der Waals surface area contributed by atoms with E-state index in [1.165, 1.54) is 5.56 Å². The van der Waals surface area contributed by atoms with Gasteiger partial charge in [-0.3, -0.25) is 4.79 Å². The maximum absolute atomic E-state index is 12.4. The number of ether oxygens (including phenoxy) is 3. The third kappa shape index (κ3) is 6.51. The largest absolute Gasteiger partial charge is 0.493 e. The van der Waals surface area contributed by atoms with Gasteiger partial charge in [0.15, 0.2) is 17.6 Å². The average Bonchev–Trinajstić information content (AvgIpc) is 2.71. The van der Waals surface area contributed by atoms with Gasteiger partial charge in [-0.15, -0.1) is 0 Å². The third-order valence-electron chi connectivity index (χ3n) is 4.13. The highest BCUT2D eigenvalue weighted by molar-refractivity contribution is 5.81. The molecule has 2 aromatic carbocycles. The lowest BCUT2D eigenvalue weighted by Gasteiger charge is -2.19. The molecule has 1 N–H and O–H groups in total. The summed E-state index contributed by atoms with van der Waals surface area (Å²) in [5, 5.41) is 2.86. The molecule has 0 heterocycles. The summed E-state index contributed by atoms with van der Waals surface area (Å²) in [6.07, 6.45) is 2.18. The van der Waals surface area contributed by atoms with E-state index in [0.29, 0.717) is 31.1 Å². The summed E-state index contributed by atoms with van der Waals surface area (Å²) in [4.78, 5) is 12.4. The fourth-order valence-corrected chi connectivity index (χ4v) is 2.69. The van der Waals surface area contributed by atoms with E-state index in [1.807, 2.05) is 31.2 Å². The Hall–Kier alpha value is -2.69. The summed E-state index contributed by atoms with van der Waals surface area (Å²) >= 11 is 0. The molecule has 0 spiro atoms. The fraction of sp³-hybridized carbons (Fsp3) is 0.409.